The van der Waals surface area contributed by atoms with Crippen LogP contribution >= 0.6 is 0 Å². The smallest absolute Gasteiger partial charge is 0.351 e. The molecule has 100 valence electrons. The molecule has 2 rings (SSSR count). The molecule has 1 aromatic rings. The lowest BCUT2D eigenvalue weighted by Gasteiger charge is -2.16. The third-order valence-corrected chi connectivity index (χ3v) is 2.86. The number of aromatic nitrogens is 2. The van der Waals surface area contributed by atoms with Gasteiger partial charge >= 0.3 is 5.69 Å². The molecule has 0 bridgehead atoms. The van der Waals surface area contributed by atoms with E-state index >= 15 is 0 Å². The lowest BCUT2D eigenvalue weighted by Crippen LogP contribution is -2.28. The first-order valence-electron chi connectivity index (χ1n) is 6.18. The number of anilines is 1. The highest BCUT2D eigenvalue weighted by atomic mass is 16.6. The highest BCUT2D eigenvalue weighted by molar-refractivity contribution is 5.23. The molecule has 1 aromatic heterocycles. The molecule has 1 aliphatic heterocycles. The fourth-order valence-corrected chi connectivity index (χ4v) is 1.96. The van der Waals surface area contributed by atoms with E-state index in [1.165, 1.54) is 4.57 Å². The fraction of sp³-hybridized carbons (Fsp3) is 0.667. The number of nitrogens with two attached hydrogens (primary N) is 1. The summed E-state index contributed by atoms with van der Waals surface area (Å²) in [5.74, 6) is 0.230. The van der Waals surface area contributed by atoms with Gasteiger partial charge in [0.25, 0.3) is 0 Å². The van der Waals surface area contributed by atoms with E-state index in [9.17, 15) is 4.79 Å². The van der Waals surface area contributed by atoms with Crippen molar-refractivity contribution < 1.29 is 9.47 Å². The second-order valence-electron chi connectivity index (χ2n) is 4.71. The Hall–Kier alpha value is -1.40. The number of ether oxygens (including phenoxy) is 2. The summed E-state index contributed by atoms with van der Waals surface area (Å²) in [4.78, 5) is 15.4. The molecular formula is C12H19N3O3. The van der Waals surface area contributed by atoms with Gasteiger partial charge in [-0.25, -0.2) is 4.79 Å². The van der Waals surface area contributed by atoms with Gasteiger partial charge in [-0.2, -0.15) is 4.98 Å². The summed E-state index contributed by atoms with van der Waals surface area (Å²) in [6, 6.07) is 1.60. The van der Waals surface area contributed by atoms with Gasteiger partial charge < -0.3 is 15.2 Å². The lowest BCUT2D eigenvalue weighted by molar-refractivity contribution is -0.0551. The van der Waals surface area contributed by atoms with Gasteiger partial charge in [-0.05, 0) is 32.8 Å². The molecule has 2 N–H and O–H groups in total. The number of hydrogen-bond acceptors (Lipinski definition) is 5. The zero-order valence-corrected chi connectivity index (χ0v) is 10.7. The maximum Gasteiger partial charge on any atom is 0.351 e. The monoisotopic (exact) mass is 253 g/mol. The Kier molecular flexibility index (Phi) is 3.98. The number of nitrogen functional groups attached to an aromatic ring is 1. The van der Waals surface area contributed by atoms with E-state index < -0.39 is 0 Å². The standard InChI is InChI=1S/C12H19N3O3/c1-8(2)17-7-9-3-4-11(18-9)15-6-5-10(13)14-12(15)16/h5-6,8-9,11H,3-4,7H2,1-2H3,(H2,13,14,16)/t9?,11-/m0/s1. The van der Waals surface area contributed by atoms with Gasteiger partial charge in [0.2, 0.25) is 0 Å². The van der Waals surface area contributed by atoms with Crippen molar-refractivity contribution >= 4 is 5.82 Å². The average Bonchev–Trinajstić information content (AvgIpc) is 2.75. The quantitative estimate of drug-likeness (QED) is 0.863. The van der Waals surface area contributed by atoms with E-state index in [0.29, 0.717) is 6.61 Å². The fourth-order valence-electron chi connectivity index (χ4n) is 1.96. The molecule has 1 saturated heterocycles. The van der Waals surface area contributed by atoms with E-state index in [4.69, 9.17) is 15.2 Å². The summed E-state index contributed by atoms with van der Waals surface area (Å²) >= 11 is 0. The predicted octanol–water partition coefficient (Wildman–Crippen LogP) is 0.928. The molecule has 2 heterocycles. The molecule has 1 unspecified atom stereocenters. The minimum Gasteiger partial charge on any atom is -0.383 e. The predicted molar refractivity (Wildman–Crippen MR) is 67.1 cm³/mol. The maximum atomic E-state index is 11.7. The first-order valence-corrected chi connectivity index (χ1v) is 6.18. The molecule has 0 aromatic carbocycles. The minimum absolute atomic E-state index is 0.0434. The lowest BCUT2D eigenvalue weighted by atomic mass is 10.2. The summed E-state index contributed by atoms with van der Waals surface area (Å²) < 4.78 is 12.8. The number of hydrogen-bond donors (Lipinski definition) is 1. The summed E-state index contributed by atoms with van der Waals surface area (Å²) in [5.41, 5.74) is 5.08. The molecule has 0 amide bonds. The minimum atomic E-state index is -0.370. The summed E-state index contributed by atoms with van der Waals surface area (Å²) in [6.45, 7) is 4.53. The Labute approximate surface area is 106 Å². The first kappa shape index (κ1) is 13.0. The van der Waals surface area contributed by atoms with E-state index in [2.05, 4.69) is 4.98 Å². The number of nitrogens with zero attached hydrogens (tertiary/aromatic N) is 2. The van der Waals surface area contributed by atoms with Crippen molar-refractivity contribution in [2.45, 2.75) is 45.1 Å². The second-order valence-corrected chi connectivity index (χ2v) is 4.71. The van der Waals surface area contributed by atoms with Crippen LogP contribution in [0.5, 0.6) is 0 Å². The van der Waals surface area contributed by atoms with E-state index in [1.54, 1.807) is 12.3 Å². The normalized spacial score (nSPS) is 23.7. The van der Waals surface area contributed by atoms with Crippen LogP contribution in [0.25, 0.3) is 0 Å². The second kappa shape index (κ2) is 5.49. The van der Waals surface area contributed by atoms with Crippen LogP contribution in [0.1, 0.15) is 32.9 Å². The van der Waals surface area contributed by atoms with Crippen LogP contribution in [0.4, 0.5) is 5.82 Å². The van der Waals surface area contributed by atoms with Gasteiger partial charge in [0.15, 0.2) is 0 Å². The van der Waals surface area contributed by atoms with Crippen LogP contribution in [-0.2, 0) is 9.47 Å². The van der Waals surface area contributed by atoms with Crippen LogP contribution < -0.4 is 11.4 Å². The van der Waals surface area contributed by atoms with Gasteiger partial charge in [-0.1, -0.05) is 0 Å². The van der Waals surface area contributed by atoms with Gasteiger partial charge in [-0.15, -0.1) is 0 Å². The van der Waals surface area contributed by atoms with E-state index in [-0.39, 0.29) is 29.9 Å². The Morgan fingerprint density at radius 3 is 3.06 bits per heavy atom. The third-order valence-electron chi connectivity index (χ3n) is 2.86. The zero-order valence-electron chi connectivity index (χ0n) is 10.7. The topological polar surface area (TPSA) is 79.4 Å². The molecule has 6 nitrogen and oxygen atoms in total. The summed E-state index contributed by atoms with van der Waals surface area (Å²) in [7, 11) is 0. The maximum absolute atomic E-state index is 11.7. The Balaban J connectivity index is 1.98. The van der Waals surface area contributed by atoms with Crippen LogP contribution in [0, 0.1) is 0 Å². The van der Waals surface area contributed by atoms with Crippen LogP contribution in [0.2, 0.25) is 0 Å². The van der Waals surface area contributed by atoms with Crippen LogP contribution in [0.15, 0.2) is 17.1 Å². The molecule has 1 fully saturated rings. The van der Waals surface area contributed by atoms with Gasteiger partial charge in [0.05, 0.1) is 18.8 Å². The molecule has 6 heteroatoms. The van der Waals surface area contributed by atoms with Gasteiger partial charge in [-0.3, -0.25) is 4.57 Å². The molecule has 0 saturated carbocycles. The van der Waals surface area contributed by atoms with Crippen molar-refractivity contribution in [1.82, 2.24) is 9.55 Å². The van der Waals surface area contributed by atoms with Crippen LogP contribution in [-0.4, -0.2) is 28.4 Å². The highest BCUT2D eigenvalue weighted by Gasteiger charge is 2.27. The van der Waals surface area contributed by atoms with Crippen molar-refractivity contribution in [3.63, 3.8) is 0 Å². The molecule has 2 atom stereocenters. The Morgan fingerprint density at radius 1 is 1.61 bits per heavy atom. The van der Waals surface area contributed by atoms with Crippen molar-refractivity contribution in [2.75, 3.05) is 12.3 Å². The van der Waals surface area contributed by atoms with Crippen molar-refractivity contribution in [3.8, 4) is 0 Å². The summed E-state index contributed by atoms with van der Waals surface area (Å²) in [6.07, 6.45) is 3.27. The van der Waals surface area contributed by atoms with Crippen molar-refractivity contribution in [2.24, 2.45) is 0 Å². The molecular weight excluding hydrogens is 234 g/mol. The third kappa shape index (κ3) is 3.08. The Morgan fingerprint density at radius 2 is 2.39 bits per heavy atom. The first-order chi connectivity index (χ1) is 8.56. The average molecular weight is 253 g/mol. The number of rotatable bonds is 4. The van der Waals surface area contributed by atoms with Gasteiger partial charge in [0.1, 0.15) is 12.0 Å². The van der Waals surface area contributed by atoms with Crippen molar-refractivity contribution in [1.29, 1.82) is 0 Å². The molecule has 0 spiro atoms. The molecule has 0 radical (unpaired) electrons. The zero-order chi connectivity index (χ0) is 13.1. The van der Waals surface area contributed by atoms with Gasteiger partial charge in [0, 0.05) is 6.20 Å². The van der Waals surface area contributed by atoms with Crippen LogP contribution in [0.3, 0.4) is 0 Å². The highest BCUT2D eigenvalue weighted by Crippen LogP contribution is 2.27. The molecule has 0 aliphatic carbocycles. The van der Waals surface area contributed by atoms with E-state index in [0.717, 1.165) is 12.8 Å². The SMILES string of the molecule is CC(C)OCC1CC[C@@H](n2ccc(N)nc2=O)O1. The molecule has 1 aliphatic rings. The molecule has 18 heavy (non-hydrogen) atoms. The summed E-state index contributed by atoms with van der Waals surface area (Å²) in [5, 5.41) is 0. The largest absolute Gasteiger partial charge is 0.383 e. The van der Waals surface area contributed by atoms with Crippen molar-refractivity contribution in [3.05, 3.63) is 22.7 Å². The Bertz CT molecular complexity index is 458. The van der Waals surface area contributed by atoms with E-state index in [1.807, 2.05) is 13.8 Å².